The lowest BCUT2D eigenvalue weighted by atomic mass is 9.93. The average molecular weight is 357 g/mol. The molecule has 1 aromatic heterocycles. The van der Waals surface area contributed by atoms with Crippen LogP contribution < -0.4 is 15.1 Å². The van der Waals surface area contributed by atoms with Gasteiger partial charge < -0.3 is 10.2 Å². The third-order valence-electron chi connectivity index (χ3n) is 5.32. The van der Waals surface area contributed by atoms with E-state index in [1.807, 2.05) is 43.1 Å². The van der Waals surface area contributed by atoms with E-state index in [2.05, 4.69) is 22.2 Å². The number of nitrogens with one attached hydrogen (secondary N) is 1. The molecule has 0 spiro atoms. The number of nitrogens with zero attached hydrogens (tertiary/aromatic N) is 3. The van der Waals surface area contributed by atoms with Crippen molar-refractivity contribution in [2.24, 2.45) is 0 Å². The molecule has 0 unspecified atom stereocenters. The monoisotopic (exact) mass is 356 g/mol. The molecule has 0 atom stereocenters. The number of halogens is 1. The molecule has 0 bridgehead atoms. The van der Waals surface area contributed by atoms with Crippen LogP contribution in [-0.2, 0) is 5.54 Å². The van der Waals surface area contributed by atoms with Gasteiger partial charge in [-0.25, -0.2) is 0 Å². The third-order valence-corrected chi connectivity index (χ3v) is 5.55. The Morgan fingerprint density at radius 1 is 1.28 bits per heavy atom. The highest BCUT2D eigenvalue weighted by atomic mass is 35.5. The zero-order valence-electron chi connectivity index (χ0n) is 14.6. The molecular weight excluding hydrogens is 336 g/mol. The summed E-state index contributed by atoms with van der Waals surface area (Å²) < 4.78 is 0. The van der Waals surface area contributed by atoms with Crippen molar-refractivity contribution in [2.75, 3.05) is 29.9 Å². The van der Waals surface area contributed by atoms with Gasteiger partial charge in [0.1, 0.15) is 0 Å². The summed E-state index contributed by atoms with van der Waals surface area (Å²) in [4.78, 5) is 21.5. The number of hydrogen-bond donors (Lipinski definition) is 1. The van der Waals surface area contributed by atoms with E-state index in [4.69, 9.17) is 11.6 Å². The Morgan fingerprint density at radius 2 is 2.04 bits per heavy atom. The summed E-state index contributed by atoms with van der Waals surface area (Å²) in [6, 6.07) is 7.97. The minimum absolute atomic E-state index is 0.0106. The van der Waals surface area contributed by atoms with Gasteiger partial charge in [0.2, 0.25) is 0 Å². The van der Waals surface area contributed by atoms with E-state index in [0.717, 1.165) is 30.0 Å². The van der Waals surface area contributed by atoms with Crippen LogP contribution in [0.15, 0.2) is 36.7 Å². The van der Waals surface area contributed by atoms with Gasteiger partial charge in [-0.3, -0.25) is 14.7 Å². The van der Waals surface area contributed by atoms with E-state index >= 15 is 0 Å². The van der Waals surface area contributed by atoms with Crippen molar-refractivity contribution >= 4 is 28.9 Å². The van der Waals surface area contributed by atoms with E-state index in [1.165, 1.54) is 0 Å². The summed E-state index contributed by atoms with van der Waals surface area (Å²) in [6.45, 7) is 6.02. The maximum atomic E-state index is 13.0. The first-order valence-corrected chi connectivity index (χ1v) is 8.80. The van der Waals surface area contributed by atoms with Gasteiger partial charge in [-0.2, -0.15) is 0 Å². The highest BCUT2D eigenvalue weighted by Crippen LogP contribution is 2.43. The molecule has 4 rings (SSSR count). The minimum Gasteiger partial charge on any atom is -0.368 e. The summed E-state index contributed by atoms with van der Waals surface area (Å²) in [5.41, 5.74) is 3.00. The molecule has 1 fully saturated rings. The minimum atomic E-state index is -0.478. The second-order valence-electron chi connectivity index (χ2n) is 7.21. The fourth-order valence-corrected chi connectivity index (χ4v) is 3.81. The van der Waals surface area contributed by atoms with Crippen LogP contribution in [0.3, 0.4) is 0 Å². The smallest absolute Gasteiger partial charge is 0.259 e. The molecule has 25 heavy (non-hydrogen) atoms. The first-order valence-electron chi connectivity index (χ1n) is 8.43. The number of carbonyl (C=O) groups is 1. The number of benzene rings is 1. The zero-order valence-corrected chi connectivity index (χ0v) is 15.3. The number of carbonyl (C=O) groups excluding carboxylic acids is 1. The second-order valence-corrected chi connectivity index (χ2v) is 7.65. The normalized spacial score (nSPS) is 18.9. The first-order chi connectivity index (χ1) is 11.9. The molecule has 0 saturated carbocycles. The number of aromatic nitrogens is 1. The Morgan fingerprint density at radius 3 is 2.72 bits per heavy atom. The number of amides is 1. The van der Waals surface area contributed by atoms with Crippen molar-refractivity contribution in [1.29, 1.82) is 0 Å². The van der Waals surface area contributed by atoms with Crippen molar-refractivity contribution < 1.29 is 4.79 Å². The molecule has 2 aromatic rings. The standard InChI is InChI=1S/C19H21ClN4O/c1-19(2)17-6-12(20)4-5-16(17)18(25)24(19)14-7-13(8-21-9-14)23(3)15-10-22-11-15/h4-9,15,22H,10-11H2,1-3H3. The van der Waals surface area contributed by atoms with Crippen LogP contribution in [0, 0.1) is 0 Å². The Balaban J connectivity index is 1.74. The van der Waals surface area contributed by atoms with Crippen LogP contribution >= 0.6 is 11.6 Å². The molecule has 130 valence electrons. The Kier molecular flexibility index (Phi) is 3.74. The summed E-state index contributed by atoms with van der Waals surface area (Å²) in [7, 11) is 2.07. The van der Waals surface area contributed by atoms with E-state index in [1.54, 1.807) is 12.3 Å². The summed E-state index contributed by atoms with van der Waals surface area (Å²) in [6.07, 6.45) is 3.60. The highest BCUT2D eigenvalue weighted by Gasteiger charge is 2.44. The number of likely N-dealkylation sites (N-methyl/N-ethyl adjacent to an activating group) is 1. The van der Waals surface area contributed by atoms with E-state index in [0.29, 0.717) is 16.6 Å². The van der Waals surface area contributed by atoms with Gasteiger partial charge in [-0.1, -0.05) is 11.6 Å². The fraction of sp³-hybridized carbons (Fsp3) is 0.368. The number of hydrogen-bond acceptors (Lipinski definition) is 4. The lowest BCUT2D eigenvalue weighted by molar-refractivity contribution is 0.0982. The van der Waals surface area contributed by atoms with Crippen molar-refractivity contribution in [1.82, 2.24) is 10.3 Å². The molecule has 1 saturated heterocycles. The molecule has 5 nitrogen and oxygen atoms in total. The van der Waals surface area contributed by atoms with Gasteiger partial charge in [-0.15, -0.1) is 0 Å². The molecule has 1 aromatic carbocycles. The van der Waals surface area contributed by atoms with Gasteiger partial charge in [0.05, 0.1) is 35.3 Å². The van der Waals surface area contributed by atoms with Gasteiger partial charge in [0.15, 0.2) is 0 Å². The number of fused-ring (bicyclic) bond motifs is 1. The van der Waals surface area contributed by atoms with Crippen LogP contribution in [0.2, 0.25) is 5.02 Å². The van der Waals surface area contributed by atoms with Gasteiger partial charge in [0.25, 0.3) is 5.91 Å². The Bertz CT molecular complexity index is 847. The Labute approximate surface area is 152 Å². The number of rotatable bonds is 3. The van der Waals surface area contributed by atoms with Crippen molar-refractivity contribution in [2.45, 2.75) is 25.4 Å². The van der Waals surface area contributed by atoms with E-state index in [-0.39, 0.29) is 5.91 Å². The quantitative estimate of drug-likeness (QED) is 0.918. The highest BCUT2D eigenvalue weighted by molar-refractivity contribution is 6.31. The second kappa shape index (κ2) is 5.71. The summed E-state index contributed by atoms with van der Waals surface area (Å²) in [5, 5.41) is 3.92. The summed E-state index contributed by atoms with van der Waals surface area (Å²) in [5.74, 6) is -0.0106. The average Bonchev–Trinajstić information content (AvgIpc) is 2.72. The lowest BCUT2D eigenvalue weighted by Crippen LogP contribution is -2.56. The molecular formula is C19H21ClN4O. The van der Waals surface area contributed by atoms with Gasteiger partial charge in [-0.05, 0) is 43.7 Å². The van der Waals surface area contributed by atoms with Crippen LogP contribution in [0.5, 0.6) is 0 Å². The molecule has 6 heteroatoms. The van der Waals surface area contributed by atoms with Crippen LogP contribution in [0.25, 0.3) is 0 Å². The number of anilines is 2. The van der Waals surface area contributed by atoms with Crippen molar-refractivity contribution in [3.05, 3.63) is 52.8 Å². The predicted molar refractivity (Wildman–Crippen MR) is 101 cm³/mol. The van der Waals surface area contributed by atoms with Gasteiger partial charge in [0, 0.05) is 30.7 Å². The summed E-state index contributed by atoms with van der Waals surface area (Å²) >= 11 is 6.16. The topological polar surface area (TPSA) is 48.5 Å². The SMILES string of the molecule is CN(c1cncc(N2C(=O)c3ccc(Cl)cc3C2(C)C)c1)C1CNC1. The van der Waals surface area contributed by atoms with Crippen molar-refractivity contribution in [3.63, 3.8) is 0 Å². The van der Waals surface area contributed by atoms with Crippen LogP contribution in [-0.4, -0.2) is 37.1 Å². The Hall–Kier alpha value is -2.11. The zero-order chi connectivity index (χ0) is 17.8. The fourth-order valence-electron chi connectivity index (χ4n) is 3.63. The molecule has 2 aliphatic rings. The lowest BCUT2D eigenvalue weighted by Gasteiger charge is -2.38. The van der Waals surface area contributed by atoms with E-state index < -0.39 is 5.54 Å². The number of pyridine rings is 1. The van der Waals surface area contributed by atoms with E-state index in [9.17, 15) is 4.79 Å². The van der Waals surface area contributed by atoms with Crippen LogP contribution in [0.4, 0.5) is 11.4 Å². The van der Waals surface area contributed by atoms with Crippen molar-refractivity contribution in [3.8, 4) is 0 Å². The largest absolute Gasteiger partial charge is 0.368 e. The third kappa shape index (κ3) is 2.50. The molecule has 0 aliphatic carbocycles. The molecule has 2 aliphatic heterocycles. The molecule has 0 radical (unpaired) electrons. The maximum Gasteiger partial charge on any atom is 0.259 e. The maximum absolute atomic E-state index is 13.0. The molecule has 1 N–H and O–H groups in total. The van der Waals surface area contributed by atoms with Gasteiger partial charge >= 0.3 is 0 Å². The predicted octanol–water partition coefficient (Wildman–Crippen LogP) is 3.04. The molecule has 1 amide bonds. The first kappa shape index (κ1) is 16.4. The molecule has 3 heterocycles. The van der Waals surface area contributed by atoms with Crippen LogP contribution in [0.1, 0.15) is 29.8 Å².